The third kappa shape index (κ3) is 3.32. The Balaban J connectivity index is 1.94. The maximum Gasteiger partial charge on any atom is 0.416 e. The lowest BCUT2D eigenvalue weighted by atomic mass is 9.98. The molecule has 1 aliphatic rings. The number of aliphatic hydroxyl groups excluding tert-OH is 1. The topological polar surface area (TPSA) is 66.8 Å². The van der Waals surface area contributed by atoms with E-state index < -0.39 is 18.1 Å². The van der Waals surface area contributed by atoms with Gasteiger partial charge in [0.1, 0.15) is 12.7 Å². The number of aliphatic hydroxyl groups is 1. The smallest absolute Gasteiger partial charge is 0.416 e. The van der Waals surface area contributed by atoms with Gasteiger partial charge in [0.2, 0.25) is 0 Å². The van der Waals surface area contributed by atoms with Crippen LogP contribution in [0.1, 0.15) is 18.9 Å². The van der Waals surface area contributed by atoms with Crippen LogP contribution < -0.4 is 0 Å². The Labute approximate surface area is 111 Å². The molecule has 1 aromatic rings. The molecule has 1 heterocycles. The van der Waals surface area contributed by atoms with Crippen LogP contribution in [0.3, 0.4) is 0 Å². The second kappa shape index (κ2) is 5.84. The number of hydrogen-bond acceptors (Lipinski definition) is 4. The SMILES string of the molecule is C[C@H]1C[C@@H](O)C(=O)N(C(=O)OCc2ccccc2)C1. The van der Waals surface area contributed by atoms with E-state index >= 15 is 0 Å². The van der Waals surface area contributed by atoms with Crippen LogP contribution in [0.15, 0.2) is 30.3 Å². The highest BCUT2D eigenvalue weighted by atomic mass is 16.6. The van der Waals surface area contributed by atoms with Crippen molar-refractivity contribution in [2.24, 2.45) is 5.92 Å². The van der Waals surface area contributed by atoms with Gasteiger partial charge in [-0.25, -0.2) is 9.69 Å². The van der Waals surface area contributed by atoms with Gasteiger partial charge in [-0.3, -0.25) is 4.79 Å². The van der Waals surface area contributed by atoms with Crippen LogP contribution in [0.2, 0.25) is 0 Å². The molecule has 0 spiro atoms. The molecule has 1 N–H and O–H groups in total. The first kappa shape index (κ1) is 13.5. The van der Waals surface area contributed by atoms with E-state index in [1.165, 1.54) is 0 Å². The molecule has 2 amide bonds. The predicted molar refractivity (Wildman–Crippen MR) is 68.1 cm³/mol. The van der Waals surface area contributed by atoms with Gasteiger partial charge in [0.25, 0.3) is 5.91 Å². The number of hydrogen-bond donors (Lipinski definition) is 1. The summed E-state index contributed by atoms with van der Waals surface area (Å²) in [4.78, 5) is 24.5. The van der Waals surface area contributed by atoms with Crippen molar-refractivity contribution in [2.75, 3.05) is 6.54 Å². The lowest BCUT2D eigenvalue weighted by molar-refractivity contribution is -0.143. The molecule has 2 rings (SSSR count). The Hall–Kier alpha value is -1.88. The van der Waals surface area contributed by atoms with Gasteiger partial charge in [-0.2, -0.15) is 0 Å². The number of ether oxygens (including phenoxy) is 1. The summed E-state index contributed by atoms with van der Waals surface area (Å²) in [5.74, 6) is -0.492. The van der Waals surface area contributed by atoms with Crippen LogP contribution in [-0.2, 0) is 16.1 Å². The van der Waals surface area contributed by atoms with Gasteiger partial charge in [-0.05, 0) is 17.9 Å². The molecule has 5 heteroatoms. The van der Waals surface area contributed by atoms with Gasteiger partial charge in [-0.15, -0.1) is 0 Å². The maximum absolute atomic E-state index is 11.8. The number of rotatable bonds is 2. The van der Waals surface area contributed by atoms with Crippen molar-refractivity contribution in [1.82, 2.24) is 4.90 Å². The molecule has 0 aromatic heterocycles. The van der Waals surface area contributed by atoms with Gasteiger partial charge in [0.15, 0.2) is 0 Å². The Morgan fingerprint density at radius 3 is 2.79 bits per heavy atom. The van der Waals surface area contributed by atoms with E-state index in [-0.39, 0.29) is 12.5 Å². The Bertz CT molecular complexity index is 460. The lowest BCUT2D eigenvalue weighted by Crippen LogP contribution is -2.50. The number of imide groups is 1. The number of carbonyl (C=O) groups excluding carboxylic acids is 2. The zero-order chi connectivity index (χ0) is 13.8. The second-order valence-electron chi connectivity index (χ2n) is 4.85. The lowest BCUT2D eigenvalue weighted by Gasteiger charge is -2.31. The average molecular weight is 263 g/mol. The number of nitrogens with zero attached hydrogens (tertiary/aromatic N) is 1. The van der Waals surface area contributed by atoms with E-state index in [1.54, 1.807) is 0 Å². The van der Waals surface area contributed by atoms with Crippen molar-refractivity contribution < 1.29 is 19.4 Å². The highest BCUT2D eigenvalue weighted by Gasteiger charge is 2.35. The molecule has 0 aliphatic carbocycles. The molecular weight excluding hydrogens is 246 g/mol. The second-order valence-corrected chi connectivity index (χ2v) is 4.85. The molecule has 1 aromatic carbocycles. The van der Waals surface area contributed by atoms with Crippen molar-refractivity contribution in [3.63, 3.8) is 0 Å². The van der Waals surface area contributed by atoms with Crippen LogP contribution >= 0.6 is 0 Å². The summed E-state index contributed by atoms with van der Waals surface area (Å²) in [5.41, 5.74) is 0.855. The fraction of sp³-hybridized carbons (Fsp3) is 0.429. The first-order valence-electron chi connectivity index (χ1n) is 6.28. The summed E-state index contributed by atoms with van der Waals surface area (Å²) in [6, 6.07) is 9.24. The van der Waals surface area contributed by atoms with Crippen molar-refractivity contribution in [1.29, 1.82) is 0 Å². The summed E-state index contributed by atoms with van der Waals surface area (Å²) in [6.07, 6.45) is -1.41. The maximum atomic E-state index is 11.8. The molecule has 5 nitrogen and oxygen atoms in total. The quantitative estimate of drug-likeness (QED) is 0.879. The number of benzene rings is 1. The minimum Gasteiger partial charge on any atom is -0.444 e. The molecule has 19 heavy (non-hydrogen) atoms. The molecule has 1 aliphatic heterocycles. The van der Waals surface area contributed by atoms with Crippen molar-refractivity contribution in [3.05, 3.63) is 35.9 Å². The zero-order valence-corrected chi connectivity index (χ0v) is 10.8. The molecule has 1 fully saturated rings. The van der Waals surface area contributed by atoms with E-state index in [2.05, 4.69) is 0 Å². The normalized spacial score (nSPS) is 23.3. The number of carbonyl (C=O) groups is 2. The molecule has 0 saturated carbocycles. The Morgan fingerprint density at radius 1 is 1.42 bits per heavy atom. The van der Waals surface area contributed by atoms with E-state index in [9.17, 15) is 14.7 Å². The first-order valence-corrected chi connectivity index (χ1v) is 6.28. The monoisotopic (exact) mass is 263 g/mol. The fourth-order valence-electron chi connectivity index (χ4n) is 2.10. The van der Waals surface area contributed by atoms with Crippen LogP contribution in [0, 0.1) is 5.92 Å². The molecule has 0 radical (unpaired) electrons. The van der Waals surface area contributed by atoms with Crippen molar-refractivity contribution in [3.8, 4) is 0 Å². The fourth-order valence-corrected chi connectivity index (χ4v) is 2.10. The minimum absolute atomic E-state index is 0.0805. The van der Waals surface area contributed by atoms with Gasteiger partial charge in [-0.1, -0.05) is 37.3 Å². The summed E-state index contributed by atoms with van der Waals surface area (Å²) in [5, 5.41) is 9.55. The third-order valence-electron chi connectivity index (χ3n) is 3.10. The van der Waals surface area contributed by atoms with Gasteiger partial charge < -0.3 is 9.84 Å². The molecule has 102 valence electrons. The molecule has 1 saturated heterocycles. The predicted octanol–water partition coefficient (Wildman–Crippen LogP) is 1.55. The number of likely N-dealkylation sites (tertiary alicyclic amines) is 1. The number of amides is 2. The molecule has 0 unspecified atom stereocenters. The summed E-state index contributed by atoms with van der Waals surface area (Å²) in [7, 11) is 0. The van der Waals surface area contributed by atoms with Crippen LogP contribution in [-0.4, -0.2) is 34.7 Å². The molecule has 2 atom stereocenters. The van der Waals surface area contributed by atoms with Crippen molar-refractivity contribution in [2.45, 2.75) is 26.1 Å². The van der Waals surface area contributed by atoms with E-state index in [0.717, 1.165) is 10.5 Å². The summed E-state index contributed by atoms with van der Waals surface area (Å²) < 4.78 is 5.09. The highest BCUT2D eigenvalue weighted by Crippen LogP contribution is 2.18. The van der Waals surface area contributed by atoms with Crippen LogP contribution in [0.5, 0.6) is 0 Å². The van der Waals surface area contributed by atoms with Crippen molar-refractivity contribution >= 4 is 12.0 Å². The summed E-state index contributed by atoms with van der Waals surface area (Å²) in [6.45, 7) is 2.30. The van der Waals surface area contributed by atoms with Crippen LogP contribution in [0.25, 0.3) is 0 Å². The standard InChI is InChI=1S/C14H17NO4/c1-10-7-12(16)13(17)15(8-10)14(18)19-9-11-5-3-2-4-6-11/h2-6,10,12,16H,7-9H2,1H3/t10-,12+/m0/s1. The molecule has 0 bridgehead atoms. The van der Waals surface area contributed by atoms with E-state index in [4.69, 9.17) is 4.74 Å². The van der Waals surface area contributed by atoms with Gasteiger partial charge in [0, 0.05) is 6.54 Å². The molecular formula is C14H17NO4. The van der Waals surface area contributed by atoms with E-state index in [1.807, 2.05) is 37.3 Å². The Morgan fingerprint density at radius 2 is 2.11 bits per heavy atom. The van der Waals surface area contributed by atoms with Crippen LogP contribution in [0.4, 0.5) is 4.79 Å². The van der Waals surface area contributed by atoms with E-state index in [0.29, 0.717) is 13.0 Å². The Kier molecular flexibility index (Phi) is 4.16. The average Bonchev–Trinajstić information content (AvgIpc) is 2.41. The largest absolute Gasteiger partial charge is 0.444 e. The zero-order valence-electron chi connectivity index (χ0n) is 10.8. The van der Waals surface area contributed by atoms with Gasteiger partial charge >= 0.3 is 6.09 Å². The first-order chi connectivity index (χ1) is 9.08. The summed E-state index contributed by atoms with van der Waals surface area (Å²) >= 11 is 0. The highest BCUT2D eigenvalue weighted by molar-refractivity contribution is 5.95. The number of piperidine rings is 1. The minimum atomic E-state index is -1.10. The third-order valence-corrected chi connectivity index (χ3v) is 3.10. The van der Waals surface area contributed by atoms with Gasteiger partial charge in [0.05, 0.1) is 0 Å².